The van der Waals surface area contributed by atoms with Crippen molar-refractivity contribution in [3.05, 3.63) is 0 Å². The quantitative estimate of drug-likeness (QED) is 0.233. The number of hydrogen-bond acceptors (Lipinski definition) is 7. The first kappa shape index (κ1) is 14.4. The third kappa shape index (κ3) is 5.17. The molecule has 6 N–H and O–H groups in total. The fraction of sp³-hybridized carbons (Fsp3) is 0.875. The van der Waals surface area contributed by atoms with Gasteiger partial charge in [0.05, 0.1) is 12.7 Å². The molecule has 0 radical (unpaired) electrons. The second-order valence-electron chi connectivity index (χ2n) is 3.05. The summed E-state index contributed by atoms with van der Waals surface area (Å²) in [5.41, 5.74) is 0. The minimum atomic E-state index is -1.80. The first-order chi connectivity index (χ1) is 7.04. The van der Waals surface area contributed by atoms with Crippen LogP contribution in [0.1, 0.15) is 0 Å². The van der Waals surface area contributed by atoms with Crippen LogP contribution < -0.4 is 5.32 Å². The summed E-state index contributed by atoms with van der Waals surface area (Å²) < 4.78 is 0. The highest BCUT2D eigenvalue weighted by molar-refractivity contribution is 5.84. The molecule has 0 aliphatic carbocycles. The van der Waals surface area contributed by atoms with Crippen molar-refractivity contribution in [2.45, 2.75) is 18.3 Å². The first-order valence-corrected chi connectivity index (χ1v) is 4.54. The van der Waals surface area contributed by atoms with Gasteiger partial charge in [0.1, 0.15) is 18.8 Å². The van der Waals surface area contributed by atoms with Crippen LogP contribution in [0.25, 0.3) is 0 Å². The van der Waals surface area contributed by atoms with Crippen molar-refractivity contribution in [2.75, 3.05) is 26.3 Å². The number of carbonyl (C=O) groups excluding carboxylic acids is 1. The summed E-state index contributed by atoms with van der Waals surface area (Å²) in [7, 11) is 0. The van der Waals surface area contributed by atoms with Crippen LogP contribution in [0.3, 0.4) is 0 Å². The normalized spacial score (nSPS) is 17.1. The molecule has 0 bridgehead atoms. The first-order valence-electron chi connectivity index (χ1n) is 4.54. The molecule has 0 saturated carbocycles. The van der Waals surface area contributed by atoms with E-state index in [1.165, 1.54) is 0 Å². The molecule has 90 valence electrons. The molecular formula is C8H17NO6. The molecule has 15 heavy (non-hydrogen) atoms. The molecule has 0 saturated heterocycles. The van der Waals surface area contributed by atoms with Gasteiger partial charge in [-0.15, -0.1) is 0 Å². The summed E-state index contributed by atoms with van der Waals surface area (Å²) in [6, 6.07) is 0. The van der Waals surface area contributed by atoms with Gasteiger partial charge in [-0.3, -0.25) is 4.79 Å². The van der Waals surface area contributed by atoms with Crippen molar-refractivity contribution in [1.29, 1.82) is 0 Å². The van der Waals surface area contributed by atoms with Crippen molar-refractivity contribution in [3.63, 3.8) is 0 Å². The van der Waals surface area contributed by atoms with Crippen LogP contribution in [0.4, 0.5) is 0 Å². The molecule has 7 nitrogen and oxygen atoms in total. The molecule has 0 aliphatic heterocycles. The van der Waals surface area contributed by atoms with Crippen molar-refractivity contribution >= 4 is 5.78 Å². The van der Waals surface area contributed by atoms with Gasteiger partial charge in [0.25, 0.3) is 0 Å². The Kier molecular flexibility index (Phi) is 7.39. The molecule has 0 unspecified atom stereocenters. The maximum atomic E-state index is 10.8. The van der Waals surface area contributed by atoms with Crippen LogP contribution in [-0.2, 0) is 4.79 Å². The number of carbonyl (C=O) groups is 1. The number of aliphatic hydroxyl groups excluding tert-OH is 5. The van der Waals surface area contributed by atoms with Crippen molar-refractivity contribution in [2.24, 2.45) is 0 Å². The van der Waals surface area contributed by atoms with Gasteiger partial charge in [0.15, 0.2) is 5.78 Å². The van der Waals surface area contributed by atoms with Gasteiger partial charge in [-0.05, 0) is 0 Å². The van der Waals surface area contributed by atoms with E-state index in [1.54, 1.807) is 0 Å². The second kappa shape index (κ2) is 7.69. The molecular weight excluding hydrogens is 206 g/mol. The number of Topliss-reactive ketones (excluding diaryl/α,β-unsaturated/α-hetero) is 1. The summed E-state index contributed by atoms with van der Waals surface area (Å²) in [6.45, 7) is -0.860. The minimum Gasteiger partial charge on any atom is -0.395 e. The number of ketones is 1. The van der Waals surface area contributed by atoms with Crippen LogP contribution in [0.15, 0.2) is 0 Å². The molecule has 0 aromatic heterocycles. The monoisotopic (exact) mass is 223 g/mol. The number of aliphatic hydroxyl groups is 5. The third-order valence-corrected chi connectivity index (χ3v) is 1.85. The Bertz CT molecular complexity index is 188. The highest BCUT2D eigenvalue weighted by atomic mass is 16.4. The highest BCUT2D eigenvalue weighted by Gasteiger charge is 2.29. The van der Waals surface area contributed by atoms with Gasteiger partial charge < -0.3 is 30.8 Å². The smallest absolute Gasteiger partial charge is 0.189 e. The van der Waals surface area contributed by atoms with E-state index in [0.717, 1.165) is 0 Å². The van der Waals surface area contributed by atoms with Gasteiger partial charge in [0, 0.05) is 13.1 Å². The fourth-order valence-corrected chi connectivity index (χ4v) is 0.944. The predicted octanol–water partition coefficient (Wildman–Crippen LogP) is -3.79. The molecule has 3 atom stereocenters. The molecule has 7 heteroatoms. The lowest BCUT2D eigenvalue weighted by Gasteiger charge is -2.21. The Morgan fingerprint density at radius 2 is 1.80 bits per heavy atom. The van der Waals surface area contributed by atoms with Gasteiger partial charge >= 0.3 is 0 Å². The van der Waals surface area contributed by atoms with Crippen molar-refractivity contribution in [3.8, 4) is 0 Å². The molecule has 0 fully saturated rings. The van der Waals surface area contributed by atoms with E-state index in [-0.39, 0.29) is 19.7 Å². The zero-order chi connectivity index (χ0) is 11.8. The Labute approximate surface area is 87.0 Å². The van der Waals surface area contributed by atoms with Crippen LogP contribution in [-0.4, -0.2) is 75.9 Å². The average Bonchev–Trinajstić information content (AvgIpc) is 2.26. The molecule has 0 aliphatic rings. The van der Waals surface area contributed by atoms with E-state index in [2.05, 4.69) is 5.32 Å². The molecule has 0 aromatic carbocycles. The lowest BCUT2D eigenvalue weighted by Crippen LogP contribution is -2.47. The topological polar surface area (TPSA) is 130 Å². The summed E-state index contributed by atoms with van der Waals surface area (Å²) >= 11 is 0. The zero-order valence-electron chi connectivity index (χ0n) is 8.20. The Hall–Kier alpha value is -0.570. The van der Waals surface area contributed by atoms with E-state index in [0.29, 0.717) is 0 Å². The minimum absolute atomic E-state index is 0.0719. The maximum Gasteiger partial charge on any atom is 0.189 e. The molecule has 0 spiro atoms. The zero-order valence-corrected chi connectivity index (χ0v) is 8.20. The Balaban J connectivity index is 3.95. The Morgan fingerprint density at radius 1 is 1.20 bits per heavy atom. The molecule has 0 rings (SSSR count). The maximum absolute atomic E-state index is 10.8. The largest absolute Gasteiger partial charge is 0.395 e. The standard InChI is InChI=1S/C8H17NO6/c10-2-1-9-3-5(12)7(14)8(15)6(13)4-11/h5,7-12,14-15H,1-4H2/t5-,7+,8+/m0/s1. The van der Waals surface area contributed by atoms with Gasteiger partial charge in [-0.1, -0.05) is 0 Å². The van der Waals surface area contributed by atoms with E-state index in [4.69, 9.17) is 15.3 Å². The van der Waals surface area contributed by atoms with Gasteiger partial charge in [-0.2, -0.15) is 0 Å². The van der Waals surface area contributed by atoms with Crippen LogP contribution >= 0.6 is 0 Å². The fourth-order valence-electron chi connectivity index (χ4n) is 0.944. The average molecular weight is 223 g/mol. The van der Waals surface area contributed by atoms with Gasteiger partial charge in [0.2, 0.25) is 0 Å². The van der Waals surface area contributed by atoms with Gasteiger partial charge in [-0.25, -0.2) is 0 Å². The van der Waals surface area contributed by atoms with Crippen LogP contribution in [0.5, 0.6) is 0 Å². The van der Waals surface area contributed by atoms with Crippen molar-refractivity contribution in [1.82, 2.24) is 5.32 Å². The Morgan fingerprint density at radius 3 is 2.27 bits per heavy atom. The number of nitrogens with one attached hydrogen (secondary N) is 1. The lowest BCUT2D eigenvalue weighted by molar-refractivity contribution is -0.141. The molecule has 0 heterocycles. The van der Waals surface area contributed by atoms with Crippen LogP contribution in [0, 0.1) is 0 Å². The van der Waals surface area contributed by atoms with E-state index < -0.39 is 30.7 Å². The molecule has 0 amide bonds. The van der Waals surface area contributed by atoms with E-state index in [9.17, 15) is 15.0 Å². The van der Waals surface area contributed by atoms with Crippen LogP contribution in [0.2, 0.25) is 0 Å². The summed E-state index contributed by atoms with van der Waals surface area (Å²) in [5.74, 6) is -0.955. The highest BCUT2D eigenvalue weighted by Crippen LogP contribution is 2.00. The summed E-state index contributed by atoms with van der Waals surface area (Å²) in [6.07, 6.45) is -4.81. The second-order valence-corrected chi connectivity index (χ2v) is 3.05. The molecule has 0 aromatic rings. The summed E-state index contributed by atoms with van der Waals surface area (Å²) in [5, 5.41) is 47.0. The predicted molar refractivity (Wildman–Crippen MR) is 50.1 cm³/mol. The SMILES string of the molecule is O=C(CO)[C@@H](O)[C@H](O)[C@@H](O)CNCCO. The summed E-state index contributed by atoms with van der Waals surface area (Å²) in [4.78, 5) is 10.8. The van der Waals surface area contributed by atoms with E-state index in [1.807, 2.05) is 0 Å². The van der Waals surface area contributed by atoms with Crippen molar-refractivity contribution < 1.29 is 30.3 Å². The van der Waals surface area contributed by atoms with E-state index >= 15 is 0 Å². The lowest BCUT2D eigenvalue weighted by atomic mass is 10.0. The third-order valence-electron chi connectivity index (χ3n) is 1.85. The number of hydrogen-bond donors (Lipinski definition) is 6. The number of rotatable bonds is 8.